The highest BCUT2D eigenvalue weighted by atomic mass is 16.5. The number of rotatable bonds is 6. The highest BCUT2D eigenvalue weighted by Gasteiger charge is 2.03. The Hall–Kier alpha value is -1.95. The van der Waals surface area contributed by atoms with Crippen LogP contribution in [0.15, 0.2) is 16.7 Å². The Labute approximate surface area is 112 Å². The third-order valence-corrected chi connectivity index (χ3v) is 2.62. The highest BCUT2D eigenvalue weighted by molar-refractivity contribution is 5.26. The van der Waals surface area contributed by atoms with E-state index in [0.29, 0.717) is 12.4 Å². The number of nitrogens with one attached hydrogen (secondary N) is 1. The van der Waals surface area contributed by atoms with Gasteiger partial charge in [0.15, 0.2) is 5.82 Å². The molecule has 2 aromatic heterocycles. The van der Waals surface area contributed by atoms with Crippen molar-refractivity contribution in [2.24, 2.45) is 0 Å². The summed E-state index contributed by atoms with van der Waals surface area (Å²) in [5.41, 5.74) is 1.91. The van der Waals surface area contributed by atoms with E-state index in [1.807, 2.05) is 19.1 Å². The fourth-order valence-electron chi connectivity index (χ4n) is 1.77. The van der Waals surface area contributed by atoms with Gasteiger partial charge >= 0.3 is 0 Å². The summed E-state index contributed by atoms with van der Waals surface area (Å²) in [6.45, 7) is 5.20. The van der Waals surface area contributed by atoms with E-state index in [1.54, 1.807) is 14.0 Å². The smallest absolute Gasteiger partial charge is 0.223 e. The van der Waals surface area contributed by atoms with Gasteiger partial charge in [0.1, 0.15) is 5.75 Å². The van der Waals surface area contributed by atoms with Crippen molar-refractivity contribution in [3.8, 4) is 5.75 Å². The second kappa shape index (κ2) is 6.29. The van der Waals surface area contributed by atoms with Crippen LogP contribution in [0.25, 0.3) is 0 Å². The molecule has 0 bridgehead atoms. The van der Waals surface area contributed by atoms with Crippen LogP contribution in [-0.2, 0) is 13.0 Å². The molecule has 0 radical (unpaired) electrons. The van der Waals surface area contributed by atoms with Gasteiger partial charge in [0.25, 0.3) is 0 Å². The third-order valence-electron chi connectivity index (χ3n) is 2.62. The van der Waals surface area contributed by atoms with E-state index in [4.69, 9.17) is 9.26 Å². The van der Waals surface area contributed by atoms with Gasteiger partial charge in [-0.3, -0.25) is 4.98 Å². The molecule has 0 saturated carbocycles. The number of methoxy groups -OCH3 is 1. The monoisotopic (exact) mass is 262 g/mol. The van der Waals surface area contributed by atoms with Crippen LogP contribution in [0.5, 0.6) is 5.75 Å². The predicted molar refractivity (Wildman–Crippen MR) is 70.0 cm³/mol. The van der Waals surface area contributed by atoms with Crippen molar-refractivity contribution in [3.63, 3.8) is 0 Å². The molecule has 102 valence electrons. The fourth-order valence-corrected chi connectivity index (χ4v) is 1.77. The van der Waals surface area contributed by atoms with Crippen LogP contribution in [0.4, 0.5) is 0 Å². The van der Waals surface area contributed by atoms with Gasteiger partial charge in [0.05, 0.1) is 12.8 Å². The molecule has 0 aromatic carbocycles. The number of hydrogen-bond donors (Lipinski definition) is 1. The lowest BCUT2D eigenvalue weighted by molar-refractivity contribution is 0.387. The lowest BCUT2D eigenvalue weighted by Crippen LogP contribution is -2.18. The zero-order chi connectivity index (χ0) is 13.7. The van der Waals surface area contributed by atoms with Crippen LogP contribution in [0.3, 0.4) is 0 Å². The number of hydrogen-bond acceptors (Lipinski definition) is 6. The first-order valence-corrected chi connectivity index (χ1v) is 6.19. The average molecular weight is 262 g/mol. The van der Waals surface area contributed by atoms with Crippen LogP contribution in [0, 0.1) is 13.8 Å². The number of nitrogens with zero attached hydrogens (tertiary/aromatic N) is 3. The Morgan fingerprint density at radius 1 is 1.26 bits per heavy atom. The molecule has 2 aromatic rings. The Balaban J connectivity index is 1.80. The molecule has 0 fully saturated rings. The molecular formula is C13H18N4O2. The first-order valence-electron chi connectivity index (χ1n) is 6.19. The minimum atomic E-state index is 0.597. The van der Waals surface area contributed by atoms with Gasteiger partial charge in [0.2, 0.25) is 5.89 Å². The molecule has 0 amide bonds. The highest BCUT2D eigenvalue weighted by Crippen LogP contribution is 2.12. The fraction of sp³-hybridized carbons (Fsp3) is 0.462. The SMILES string of the molecule is COc1cc(C)nc(CNCCc2noc(C)n2)c1. The lowest BCUT2D eigenvalue weighted by atomic mass is 10.3. The first-order chi connectivity index (χ1) is 9.17. The zero-order valence-electron chi connectivity index (χ0n) is 11.4. The van der Waals surface area contributed by atoms with Crippen molar-refractivity contribution in [1.82, 2.24) is 20.4 Å². The molecule has 0 spiro atoms. The topological polar surface area (TPSA) is 73.1 Å². The van der Waals surface area contributed by atoms with Crippen molar-refractivity contribution in [3.05, 3.63) is 35.2 Å². The predicted octanol–water partition coefficient (Wildman–Crippen LogP) is 1.42. The van der Waals surface area contributed by atoms with Gasteiger partial charge < -0.3 is 14.6 Å². The molecule has 1 N–H and O–H groups in total. The summed E-state index contributed by atoms with van der Waals surface area (Å²) in [5, 5.41) is 7.14. The Bertz CT molecular complexity index is 539. The molecule has 2 heterocycles. The van der Waals surface area contributed by atoms with Crippen LogP contribution in [-0.4, -0.2) is 28.8 Å². The van der Waals surface area contributed by atoms with E-state index in [-0.39, 0.29) is 0 Å². The van der Waals surface area contributed by atoms with Gasteiger partial charge in [-0.05, 0) is 6.92 Å². The molecule has 0 aliphatic heterocycles. The van der Waals surface area contributed by atoms with Gasteiger partial charge in [-0.25, -0.2) is 0 Å². The Morgan fingerprint density at radius 3 is 2.79 bits per heavy atom. The van der Waals surface area contributed by atoms with Gasteiger partial charge in [-0.15, -0.1) is 0 Å². The van der Waals surface area contributed by atoms with E-state index in [2.05, 4.69) is 20.4 Å². The van der Waals surface area contributed by atoms with Crippen LogP contribution < -0.4 is 10.1 Å². The largest absolute Gasteiger partial charge is 0.497 e. The summed E-state index contributed by atoms with van der Waals surface area (Å²) < 4.78 is 10.1. The molecule has 0 aliphatic rings. The summed E-state index contributed by atoms with van der Waals surface area (Å²) in [5.74, 6) is 2.15. The molecule has 2 rings (SSSR count). The molecular weight excluding hydrogens is 244 g/mol. The molecule has 0 atom stereocenters. The van der Waals surface area contributed by atoms with E-state index < -0.39 is 0 Å². The normalized spacial score (nSPS) is 10.7. The zero-order valence-corrected chi connectivity index (χ0v) is 11.4. The maximum Gasteiger partial charge on any atom is 0.223 e. The van der Waals surface area contributed by atoms with Gasteiger partial charge in [-0.1, -0.05) is 5.16 Å². The molecule has 0 unspecified atom stereocenters. The van der Waals surface area contributed by atoms with Crippen molar-refractivity contribution in [1.29, 1.82) is 0 Å². The summed E-state index contributed by atoms with van der Waals surface area (Å²) >= 11 is 0. The number of pyridine rings is 1. The summed E-state index contributed by atoms with van der Waals surface area (Å²) in [7, 11) is 1.66. The van der Waals surface area contributed by atoms with Crippen LogP contribution >= 0.6 is 0 Å². The lowest BCUT2D eigenvalue weighted by Gasteiger charge is -2.06. The van der Waals surface area contributed by atoms with Gasteiger partial charge in [-0.2, -0.15) is 4.98 Å². The maximum atomic E-state index is 5.21. The van der Waals surface area contributed by atoms with E-state index in [9.17, 15) is 0 Å². The average Bonchev–Trinajstić information content (AvgIpc) is 2.80. The minimum absolute atomic E-state index is 0.597. The quantitative estimate of drug-likeness (QED) is 0.794. The standard InChI is InChI=1S/C13H18N4O2/c1-9-6-12(18-3)7-11(15-9)8-14-5-4-13-16-10(2)19-17-13/h6-7,14H,4-5,8H2,1-3H3. The number of aryl methyl sites for hydroxylation is 2. The second-order valence-corrected chi connectivity index (χ2v) is 4.30. The second-order valence-electron chi connectivity index (χ2n) is 4.30. The van der Waals surface area contributed by atoms with Crippen molar-refractivity contribution in [2.75, 3.05) is 13.7 Å². The van der Waals surface area contributed by atoms with Crippen molar-refractivity contribution >= 4 is 0 Å². The van der Waals surface area contributed by atoms with Crippen molar-refractivity contribution < 1.29 is 9.26 Å². The number of ether oxygens (including phenoxy) is 1. The molecule has 0 saturated heterocycles. The summed E-state index contributed by atoms with van der Waals surface area (Å²) in [6.07, 6.45) is 0.736. The minimum Gasteiger partial charge on any atom is -0.497 e. The third kappa shape index (κ3) is 4.03. The molecule has 6 nitrogen and oxygen atoms in total. The van der Waals surface area contributed by atoms with Crippen LogP contribution in [0.1, 0.15) is 23.1 Å². The molecule has 6 heteroatoms. The van der Waals surface area contributed by atoms with E-state index in [0.717, 1.165) is 35.9 Å². The summed E-state index contributed by atoms with van der Waals surface area (Å²) in [4.78, 5) is 8.58. The number of aromatic nitrogens is 3. The first kappa shape index (κ1) is 13.5. The van der Waals surface area contributed by atoms with E-state index in [1.165, 1.54) is 0 Å². The molecule has 0 aliphatic carbocycles. The Kier molecular flexibility index (Phi) is 4.46. The maximum absolute atomic E-state index is 5.21. The van der Waals surface area contributed by atoms with Crippen LogP contribution in [0.2, 0.25) is 0 Å². The van der Waals surface area contributed by atoms with Gasteiger partial charge in [0, 0.05) is 44.3 Å². The Morgan fingerprint density at radius 2 is 2.11 bits per heavy atom. The molecule has 19 heavy (non-hydrogen) atoms. The van der Waals surface area contributed by atoms with E-state index >= 15 is 0 Å². The van der Waals surface area contributed by atoms with Crippen molar-refractivity contribution in [2.45, 2.75) is 26.8 Å². The summed E-state index contributed by atoms with van der Waals surface area (Å²) in [6, 6.07) is 3.84.